The van der Waals surface area contributed by atoms with Crippen LogP contribution in [0.25, 0.3) is 0 Å². The number of aromatic nitrogens is 2. The third kappa shape index (κ3) is 4.51. The van der Waals surface area contributed by atoms with Crippen molar-refractivity contribution in [2.24, 2.45) is 4.99 Å². The molecule has 0 saturated carbocycles. The second-order valence-electron chi connectivity index (χ2n) is 4.99. The Bertz CT molecular complexity index is 607. The number of benzene rings is 1. The van der Waals surface area contributed by atoms with Crippen LogP contribution in [-0.2, 0) is 13.0 Å². The fourth-order valence-electron chi connectivity index (χ4n) is 2.13. The van der Waals surface area contributed by atoms with Gasteiger partial charge in [-0.2, -0.15) is 5.10 Å². The Morgan fingerprint density at radius 1 is 1.32 bits per heavy atom. The van der Waals surface area contributed by atoms with Crippen molar-refractivity contribution in [3.63, 3.8) is 0 Å². The standard InChI is InChI=1S/C16H23N5O/c1-12-4-5-13(10-15(12)22-3)6-8-18-16(17-2)19-11-14-7-9-20-21-14/h4-5,7,9-10H,6,8,11H2,1-3H3,(H,20,21)(H2,17,18,19). The third-order valence-electron chi connectivity index (χ3n) is 3.41. The van der Waals surface area contributed by atoms with E-state index < -0.39 is 0 Å². The second-order valence-corrected chi connectivity index (χ2v) is 4.99. The first-order chi connectivity index (χ1) is 10.7. The summed E-state index contributed by atoms with van der Waals surface area (Å²) in [5.41, 5.74) is 3.40. The largest absolute Gasteiger partial charge is 0.496 e. The Kier molecular flexibility index (Phi) is 5.82. The lowest BCUT2D eigenvalue weighted by molar-refractivity contribution is 0.411. The van der Waals surface area contributed by atoms with Crippen LogP contribution in [0.5, 0.6) is 5.75 Å². The number of hydrogen-bond acceptors (Lipinski definition) is 3. The molecule has 0 radical (unpaired) electrons. The summed E-state index contributed by atoms with van der Waals surface area (Å²) in [5, 5.41) is 13.4. The highest BCUT2D eigenvalue weighted by molar-refractivity contribution is 5.79. The Balaban J connectivity index is 1.79. The number of guanidine groups is 1. The minimum atomic E-state index is 0.665. The van der Waals surface area contributed by atoms with Gasteiger partial charge in [0.25, 0.3) is 0 Å². The van der Waals surface area contributed by atoms with Crippen molar-refractivity contribution >= 4 is 5.96 Å². The summed E-state index contributed by atoms with van der Waals surface area (Å²) in [7, 11) is 3.46. The van der Waals surface area contributed by atoms with Crippen molar-refractivity contribution in [2.75, 3.05) is 20.7 Å². The lowest BCUT2D eigenvalue weighted by atomic mass is 10.1. The van der Waals surface area contributed by atoms with Crippen molar-refractivity contribution in [3.8, 4) is 5.75 Å². The quantitative estimate of drug-likeness (QED) is 0.560. The number of aryl methyl sites for hydroxylation is 1. The Labute approximate surface area is 131 Å². The molecule has 0 aliphatic carbocycles. The molecule has 1 heterocycles. The molecule has 0 unspecified atom stereocenters. The van der Waals surface area contributed by atoms with Crippen molar-refractivity contribution in [1.82, 2.24) is 20.8 Å². The van der Waals surface area contributed by atoms with Gasteiger partial charge in [0.2, 0.25) is 0 Å². The summed E-state index contributed by atoms with van der Waals surface area (Å²) in [6.07, 6.45) is 2.64. The molecule has 118 valence electrons. The summed E-state index contributed by atoms with van der Waals surface area (Å²) in [5.74, 6) is 1.70. The van der Waals surface area contributed by atoms with Gasteiger partial charge in [-0.1, -0.05) is 12.1 Å². The van der Waals surface area contributed by atoms with Crippen LogP contribution in [-0.4, -0.2) is 36.9 Å². The summed E-state index contributed by atoms with van der Waals surface area (Å²) < 4.78 is 5.35. The normalized spacial score (nSPS) is 11.3. The monoisotopic (exact) mass is 301 g/mol. The zero-order valence-corrected chi connectivity index (χ0v) is 13.3. The van der Waals surface area contributed by atoms with Gasteiger partial charge in [-0.05, 0) is 36.6 Å². The molecule has 1 aromatic heterocycles. The number of nitrogens with one attached hydrogen (secondary N) is 3. The number of methoxy groups -OCH3 is 1. The number of nitrogens with zero attached hydrogens (tertiary/aromatic N) is 2. The average Bonchev–Trinajstić information content (AvgIpc) is 3.05. The maximum atomic E-state index is 5.35. The van der Waals surface area contributed by atoms with Gasteiger partial charge in [-0.25, -0.2) is 0 Å². The van der Waals surface area contributed by atoms with E-state index in [2.05, 4.69) is 44.0 Å². The van der Waals surface area contributed by atoms with Crippen LogP contribution in [0.1, 0.15) is 16.8 Å². The van der Waals surface area contributed by atoms with Crippen LogP contribution in [0.4, 0.5) is 0 Å². The lowest BCUT2D eigenvalue weighted by Crippen LogP contribution is -2.37. The van der Waals surface area contributed by atoms with Crippen molar-refractivity contribution in [1.29, 1.82) is 0 Å². The van der Waals surface area contributed by atoms with Crippen LogP contribution in [0.15, 0.2) is 35.5 Å². The van der Waals surface area contributed by atoms with Crippen molar-refractivity contribution in [3.05, 3.63) is 47.3 Å². The van der Waals surface area contributed by atoms with E-state index in [0.29, 0.717) is 6.54 Å². The number of aliphatic imine (C=N–C) groups is 1. The van der Waals surface area contributed by atoms with Gasteiger partial charge in [0, 0.05) is 19.8 Å². The number of ether oxygens (including phenoxy) is 1. The van der Waals surface area contributed by atoms with E-state index in [0.717, 1.165) is 35.9 Å². The van der Waals surface area contributed by atoms with Gasteiger partial charge in [-0.15, -0.1) is 0 Å². The van der Waals surface area contributed by atoms with Crippen LogP contribution in [0.2, 0.25) is 0 Å². The van der Waals surface area contributed by atoms with Crippen molar-refractivity contribution in [2.45, 2.75) is 19.9 Å². The zero-order chi connectivity index (χ0) is 15.8. The fraction of sp³-hybridized carbons (Fsp3) is 0.375. The lowest BCUT2D eigenvalue weighted by Gasteiger charge is -2.12. The van der Waals surface area contributed by atoms with Crippen molar-refractivity contribution < 1.29 is 4.74 Å². The molecule has 0 bridgehead atoms. The minimum absolute atomic E-state index is 0.665. The molecule has 0 aliphatic heterocycles. The van der Waals surface area contributed by atoms with Gasteiger partial charge in [0.1, 0.15) is 5.75 Å². The SMILES string of the molecule is CN=C(NCCc1ccc(C)c(OC)c1)NCc1ccn[nH]1. The van der Waals surface area contributed by atoms with E-state index in [1.807, 2.05) is 13.0 Å². The molecule has 0 aliphatic rings. The number of aromatic amines is 1. The molecule has 0 atom stereocenters. The van der Waals surface area contributed by atoms with E-state index in [9.17, 15) is 0 Å². The van der Waals surface area contributed by atoms with E-state index in [-0.39, 0.29) is 0 Å². The van der Waals surface area contributed by atoms with E-state index in [4.69, 9.17) is 4.74 Å². The molecule has 0 amide bonds. The highest BCUT2D eigenvalue weighted by Gasteiger charge is 2.02. The van der Waals surface area contributed by atoms with E-state index >= 15 is 0 Å². The van der Waals surface area contributed by atoms with Gasteiger partial charge in [0.05, 0.1) is 19.3 Å². The Hall–Kier alpha value is -2.50. The maximum Gasteiger partial charge on any atom is 0.191 e. The molecule has 0 spiro atoms. The molecular formula is C16H23N5O. The molecule has 6 nitrogen and oxygen atoms in total. The summed E-state index contributed by atoms with van der Waals surface area (Å²) in [6.45, 7) is 3.51. The van der Waals surface area contributed by atoms with Gasteiger partial charge in [-0.3, -0.25) is 10.1 Å². The Morgan fingerprint density at radius 3 is 2.86 bits per heavy atom. The molecular weight excluding hydrogens is 278 g/mol. The van der Waals surface area contributed by atoms with Crippen LogP contribution in [0.3, 0.4) is 0 Å². The fourth-order valence-corrected chi connectivity index (χ4v) is 2.13. The smallest absolute Gasteiger partial charge is 0.191 e. The first kappa shape index (κ1) is 15.9. The number of H-pyrrole nitrogens is 1. The maximum absolute atomic E-state index is 5.35. The highest BCUT2D eigenvalue weighted by atomic mass is 16.5. The van der Waals surface area contributed by atoms with Gasteiger partial charge >= 0.3 is 0 Å². The topological polar surface area (TPSA) is 74.3 Å². The van der Waals surface area contributed by atoms with Gasteiger partial charge < -0.3 is 15.4 Å². The molecule has 2 aromatic rings. The molecule has 0 saturated heterocycles. The Morgan fingerprint density at radius 2 is 2.18 bits per heavy atom. The first-order valence-electron chi connectivity index (χ1n) is 7.29. The van der Waals surface area contributed by atoms with Crippen LogP contribution < -0.4 is 15.4 Å². The predicted molar refractivity (Wildman–Crippen MR) is 88.2 cm³/mol. The van der Waals surface area contributed by atoms with Crippen LogP contribution in [0, 0.1) is 6.92 Å². The molecule has 2 rings (SSSR count). The van der Waals surface area contributed by atoms with E-state index in [1.165, 1.54) is 5.56 Å². The zero-order valence-electron chi connectivity index (χ0n) is 13.3. The van der Waals surface area contributed by atoms with Gasteiger partial charge in [0.15, 0.2) is 5.96 Å². The molecule has 6 heteroatoms. The predicted octanol–water partition coefficient (Wildman–Crippen LogP) is 1.63. The highest BCUT2D eigenvalue weighted by Crippen LogP contribution is 2.18. The molecule has 3 N–H and O–H groups in total. The third-order valence-corrected chi connectivity index (χ3v) is 3.41. The van der Waals surface area contributed by atoms with Crippen LogP contribution >= 0.6 is 0 Å². The summed E-state index contributed by atoms with van der Waals surface area (Å²) in [6, 6.07) is 8.22. The summed E-state index contributed by atoms with van der Waals surface area (Å²) in [4.78, 5) is 4.20. The first-order valence-corrected chi connectivity index (χ1v) is 7.29. The number of hydrogen-bond donors (Lipinski definition) is 3. The number of rotatable bonds is 6. The minimum Gasteiger partial charge on any atom is -0.496 e. The molecule has 0 fully saturated rings. The summed E-state index contributed by atoms with van der Waals surface area (Å²) >= 11 is 0. The molecule has 1 aromatic carbocycles. The second kappa shape index (κ2) is 8.07. The average molecular weight is 301 g/mol. The molecule has 22 heavy (non-hydrogen) atoms. The van der Waals surface area contributed by atoms with E-state index in [1.54, 1.807) is 20.4 Å².